The predicted octanol–water partition coefficient (Wildman–Crippen LogP) is 3.59. The first kappa shape index (κ1) is 15.5. The number of benzene rings is 1. The van der Waals surface area contributed by atoms with Gasteiger partial charge in [-0.05, 0) is 62.1 Å². The molecule has 1 aromatic rings. The molecule has 0 bridgehead atoms. The molecule has 1 aliphatic carbocycles. The van der Waals surface area contributed by atoms with Gasteiger partial charge in [-0.1, -0.05) is 24.3 Å². The molecule has 20 heavy (non-hydrogen) atoms. The molecule has 1 aromatic carbocycles. The summed E-state index contributed by atoms with van der Waals surface area (Å²) in [6.45, 7) is 0.711. The molecule has 3 heteroatoms. The van der Waals surface area contributed by atoms with Crippen LogP contribution in [0.25, 0.3) is 0 Å². The van der Waals surface area contributed by atoms with Gasteiger partial charge in [-0.2, -0.15) is 0 Å². The Morgan fingerprint density at radius 2 is 2.20 bits per heavy atom. The maximum absolute atomic E-state index is 15.1. The van der Waals surface area contributed by atoms with Gasteiger partial charge in [0.05, 0.1) is 6.61 Å². The zero-order valence-corrected chi connectivity index (χ0v) is 12.4. The summed E-state index contributed by atoms with van der Waals surface area (Å²) in [5.74, 6) is 0.317. The third-order valence-corrected chi connectivity index (χ3v) is 4.34. The minimum absolute atomic E-state index is 0.172. The molecule has 2 rings (SSSR count). The van der Waals surface area contributed by atoms with E-state index in [4.69, 9.17) is 10.5 Å². The highest BCUT2D eigenvalue weighted by Gasteiger charge is 2.34. The van der Waals surface area contributed by atoms with Crippen molar-refractivity contribution in [2.24, 2.45) is 5.73 Å². The second kappa shape index (κ2) is 7.19. The van der Waals surface area contributed by atoms with Crippen molar-refractivity contribution in [2.45, 2.75) is 50.1 Å². The summed E-state index contributed by atoms with van der Waals surface area (Å²) < 4.78 is 20.2. The Bertz CT molecular complexity index is 423. The average molecular weight is 279 g/mol. The van der Waals surface area contributed by atoms with E-state index in [-0.39, 0.29) is 6.61 Å². The van der Waals surface area contributed by atoms with Gasteiger partial charge in [0.1, 0.15) is 5.67 Å². The molecule has 0 amide bonds. The van der Waals surface area contributed by atoms with Crippen molar-refractivity contribution in [1.82, 2.24) is 0 Å². The first-order valence-electron chi connectivity index (χ1n) is 7.64. The molecular weight excluding hydrogens is 253 g/mol. The number of ether oxygens (including phenoxy) is 1. The van der Waals surface area contributed by atoms with Crippen LogP contribution < -0.4 is 5.73 Å². The van der Waals surface area contributed by atoms with Crippen molar-refractivity contribution in [2.75, 3.05) is 20.3 Å². The van der Waals surface area contributed by atoms with Gasteiger partial charge in [0.25, 0.3) is 0 Å². The monoisotopic (exact) mass is 279 g/mol. The van der Waals surface area contributed by atoms with E-state index in [2.05, 4.69) is 24.3 Å². The van der Waals surface area contributed by atoms with Crippen molar-refractivity contribution in [3.05, 3.63) is 35.4 Å². The smallest absolute Gasteiger partial charge is 0.134 e. The zero-order valence-electron chi connectivity index (χ0n) is 12.4. The Morgan fingerprint density at radius 3 is 2.95 bits per heavy atom. The minimum atomic E-state index is -1.25. The lowest BCUT2D eigenvalue weighted by Gasteiger charge is -2.32. The lowest BCUT2D eigenvalue weighted by atomic mass is 9.76. The molecule has 2 N–H and O–H groups in total. The molecule has 0 aromatic heterocycles. The molecule has 1 aliphatic rings. The number of hydrogen-bond acceptors (Lipinski definition) is 2. The molecule has 2 nitrogen and oxygen atoms in total. The molecule has 2 unspecified atom stereocenters. The van der Waals surface area contributed by atoms with Gasteiger partial charge < -0.3 is 10.5 Å². The third-order valence-electron chi connectivity index (χ3n) is 4.34. The van der Waals surface area contributed by atoms with E-state index < -0.39 is 5.67 Å². The highest BCUT2D eigenvalue weighted by atomic mass is 19.1. The van der Waals surface area contributed by atoms with Gasteiger partial charge in [-0.3, -0.25) is 0 Å². The Labute approximate surface area is 121 Å². The van der Waals surface area contributed by atoms with E-state index in [0.717, 1.165) is 19.3 Å². The molecule has 0 heterocycles. The van der Waals surface area contributed by atoms with Gasteiger partial charge in [-0.25, -0.2) is 4.39 Å². The fraction of sp³-hybridized carbons (Fsp3) is 0.647. The molecular formula is C17H26FNO. The number of nitrogens with two attached hydrogens (primary N) is 1. The fourth-order valence-corrected chi connectivity index (χ4v) is 3.42. The van der Waals surface area contributed by atoms with E-state index in [9.17, 15) is 0 Å². The zero-order chi connectivity index (χ0) is 14.4. The first-order chi connectivity index (χ1) is 9.68. The van der Waals surface area contributed by atoms with Crippen LogP contribution in [0.5, 0.6) is 0 Å². The summed E-state index contributed by atoms with van der Waals surface area (Å²) in [7, 11) is 1.57. The molecule has 0 aliphatic heterocycles. The minimum Gasteiger partial charge on any atom is -0.381 e. The number of rotatable bonds is 7. The molecule has 0 saturated heterocycles. The van der Waals surface area contributed by atoms with Crippen LogP contribution in [-0.2, 0) is 11.2 Å². The maximum atomic E-state index is 15.1. The molecule has 0 spiro atoms. The molecule has 2 atom stereocenters. The van der Waals surface area contributed by atoms with Crippen molar-refractivity contribution < 1.29 is 9.13 Å². The number of halogens is 1. The first-order valence-corrected chi connectivity index (χ1v) is 7.64. The Balaban J connectivity index is 2.11. The van der Waals surface area contributed by atoms with E-state index in [0.29, 0.717) is 31.7 Å². The number of aryl methyl sites for hydroxylation is 1. The summed E-state index contributed by atoms with van der Waals surface area (Å²) in [5, 5.41) is 0. The van der Waals surface area contributed by atoms with Crippen LogP contribution in [0.15, 0.2) is 24.3 Å². The van der Waals surface area contributed by atoms with Crippen LogP contribution in [0.3, 0.4) is 0 Å². The van der Waals surface area contributed by atoms with Crippen LogP contribution in [0.4, 0.5) is 4.39 Å². The Kier molecular flexibility index (Phi) is 5.55. The third kappa shape index (κ3) is 3.80. The van der Waals surface area contributed by atoms with E-state index in [1.165, 1.54) is 11.1 Å². The number of fused-ring (bicyclic) bond motifs is 1. The van der Waals surface area contributed by atoms with Gasteiger partial charge in [0.2, 0.25) is 0 Å². The lowest BCUT2D eigenvalue weighted by Crippen LogP contribution is -2.33. The number of hydrogen-bond donors (Lipinski definition) is 1. The average Bonchev–Trinajstić information content (AvgIpc) is 2.46. The number of alkyl halides is 1. The second-order valence-electron chi connectivity index (χ2n) is 5.97. The maximum Gasteiger partial charge on any atom is 0.134 e. The predicted molar refractivity (Wildman–Crippen MR) is 80.7 cm³/mol. The Morgan fingerprint density at radius 1 is 1.40 bits per heavy atom. The van der Waals surface area contributed by atoms with Crippen molar-refractivity contribution >= 4 is 0 Å². The van der Waals surface area contributed by atoms with Crippen molar-refractivity contribution in [3.63, 3.8) is 0 Å². The second-order valence-corrected chi connectivity index (χ2v) is 5.97. The highest BCUT2D eigenvalue weighted by Crippen LogP contribution is 2.39. The summed E-state index contributed by atoms with van der Waals surface area (Å²) in [6.07, 6.45) is 5.12. The standard InChI is InChI=1S/C17H26FNO/c1-20-13-17(18,10-5-11-19)12-15-8-4-7-14-6-2-3-9-16(14)15/h2-3,6,9,15H,4-5,7-8,10-13,19H2,1H3. The summed E-state index contributed by atoms with van der Waals surface area (Å²) >= 11 is 0. The SMILES string of the molecule is COCC(F)(CCCN)CC1CCCc2ccccc21. The van der Waals surface area contributed by atoms with Crippen LogP contribution in [0.1, 0.15) is 49.1 Å². The van der Waals surface area contributed by atoms with Gasteiger partial charge >= 0.3 is 0 Å². The quantitative estimate of drug-likeness (QED) is 0.828. The highest BCUT2D eigenvalue weighted by molar-refractivity contribution is 5.32. The van der Waals surface area contributed by atoms with Crippen LogP contribution in [0.2, 0.25) is 0 Å². The van der Waals surface area contributed by atoms with Crippen LogP contribution in [-0.4, -0.2) is 25.9 Å². The van der Waals surface area contributed by atoms with E-state index >= 15 is 4.39 Å². The lowest BCUT2D eigenvalue weighted by molar-refractivity contribution is 0.0202. The topological polar surface area (TPSA) is 35.2 Å². The molecule has 0 fully saturated rings. The van der Waals surface area contributed by atoms with Crippen molar-refractivity contribution in [3.8, 4) is 0 Å². The molecule has 0 radical (unpaired) electrons. The van der Waals surface area contributed by atoms with Crippen LogP contribution >= 0.6 is 0 Å². The Hall–Kier alpha value is -0.930. The normalized spacial score (nSPS) is 21.2. The van der Waals surface area contributed by atoms with Gasteiger partial charge in [-0.15, -0.1) is 0 Å². The summed E-state index contributed by atoms with van der Waals surface area (Å²) in [6, 6.07) is 8.48. The summed E-state index contributed by atoms with van der Waals surface area (Å²) in [4.78, 5) is 0. The summed E-state index contributed by atoms with van der Waals surface area (Å²) in [5.41, 5.74) is 7.02. The largest absolute Gasteiger partial charge is 0.381 e. The van der Waals surface area contributed by atoms with Gasteiger partial charge in [0, 0.05) is 7.11 Å². The van der Waals surface area contributed by atoms with Crippen LogP contribution in [0, 0.1) is 0 Å². The van der Waals surface area contributed by atoms with Gasteiger partial charge in [0.15, 0.2) is 0 Å². The van der Waals surface area contributed by atoms with Crippen molar-refractivity contribution in [1.29, 1.82) is 0 Å². The molecule has 112 valence electrons. The van der Waals surface area contributed by atoms with E-state index in [1.807, 2.05) is 0 Å². The number of methoxy groups -OCH3 is 1. The van der Waals surface area contributed by atoms with E-state index in [1.54, 1.807) is 7.11 Å². The molecule has 0 saturated carbocycles. The fourth-order valence-electron chi connectivity index (χ4n) is 3.42.